The number of thiazole rings is 1. The van der Waals surface area contributed by atoms with Gasteiger partial charge in [0.25, 0.3) is 0 Å². The Bertz CT molecular complexity index is 933. The molecule has 6 heteroatoms. The summed E-state index contributed by atoms with van der Waals surface area (Å²) in [7, 11) is 0. The highest BCUT2D eigenvalue weighted by atomic mass is 35.5. The molecule has 3 aromatic rings. The van der Waals surface area contributed by atoms with Gasteiger partial charge in [0, 0.05) is 71.1 Å². The fraction of sp³-hybridized carbons (Fsp3) is 0.350. The van der Waals surface area contributed by atoms with Crippen LogP contribution in [0.25, 0.3) is 10.6 Å². The average Bonchev–Trinajstić information content (AvgIpc) is 3.41. The zero-order chi connectivity index (χ0) is 17.5. The van der Waals surface area contributed by atoms with E-state index in [1.54, 1.807) is 11.3 Å². The van der Waals surface area contributed by atoms with Crippen LogP contribution in [0.4, 0.5) is 0 Å². The van der Waals surface area contributed by atoms with E-state index in [0.29, 0.717) is 5.92 Å². The number of hydrogen-bond donors (Lipinski definition) is 0. The lowest BCUT2D eigenvalue weighted by atomic mass is 10.1. The molecule has 0 bridgehead atoms. The smallest absolute Gasteiger partial charge is 0.131 e. The van der Waals surface area contributed by atoms with E-state index in [4.69, 9.17) is 16.6 Å². The largest absolute Gasteiger partial charge is 0.293 e. The molecular formula is C20H19ClN4S. The number of halogens is 1. The second-order valence-electron chi connectivity index (χ2n) is 7.07. The summed E-state index contributed by atoms with van der Waals surface area (Å²) in [6.07, 6.45) is 7.57. The van der Waals surface area contributed by atoms with Gasteiger partial charge in [0.15, 0.2) is 0 Å². The van der Waals surface area contributed by atoms with Gasteiger partial charge >= 0.3 is 0 Å². The number of aromatic nitrogens is 3. The Morgan fingerprint density at radius 3 is 2.77 bits per heavy atom. The fourth-order valence-electron chi connectivity index (χ4n) is 3.39. The lowest BCUT2D eigenvalue weighted by Crippen LogP contribution is -2.30. The number of hydrogen-bond acceptors (Lipinski definition) is 5. The van der Waals surface area contributed by atoms with Crippen LogP contribution in [-0.2, 0) is 19.5 Å². The van der Waals surface area contributed by atoms with Gasteiger partial charge in [0.05, 0.1) is 0 Å². The summed E-state index contributed by atoms with van der Waals surface area (Å²) in [5.41, 5.74) is 3.66. The average molecular weight is 383 g/mol. The van der Waals surface area contributed by atoms with Crippen molar-refractivity contribution < 1.29 is 0 Å². The molecule has 2 aromatic heterocycles. The highest BCUT2D eigenvalue weighted by Gasteiger charge is 2.28. The van der Waals surface area contributed by atoms with Gasteiger partial charge in [-0.1, -0.05) is 23.7 Å². The highest BCUT2D eigenvalue weighted by molar-refractivity contribution is 7.15. The van der Waals surface area contributed by atoms with Crippen molar-refractivity contribution in [2.75, 3.05) is 6.54 Å². The molecule has 0 unspecified atom stereocenters. The third kappa shape index (κ3) is 3.39. The minimum atomic E-state index is 0.627. The normalized spacial score (nSPS) is 17.3. The predicted octanol–water partition coefficient (Wildman–Crippen LogP) is 4.69. The van der Waals surface area contributed by atoms with Crippen LogP contribution in [0, 0.1) is 0 Å². The molecule has 1 aliphatic heterocycles. The molecule has 5 rings (SSSR count). The molecule has 0 spiro atoms. The zero-order valence-electron chi connectivity index (χ0n) is 14.4. The van der Waals surface area contributed by atoms with Crippen molar-refractivity contribution in [1.82, 2.24) is 19.9 Å². The van der Waals surface area contributed by atoms with Crippen molar-refractivity contribution in [3.63, 3.8) is 0 Å². The van der Waals surface area contributed by atoms with Gasteiger partial charge in [-0.05, 0) is 25.0 Å². The van der Waals surface area contributed by atoms with Crippen LogP contribution < -0.4 is 0 Å². The van der Waals surface area contributed by atoms with Crippen molar-refractivity contribution >= 4 is 22.9 Å². The SMILES string of the molecule is Clc1ccc(-c2ncc(CN3CCc4nc(C5CC5)ncc4C3)s2)cc1. The molecule has 4 nitrogen and oxygen atoms in total. The van der Waals surface area contributed by atoms with E-state index in [2.05, 4.69) is 14.9 Å². The molecular weight excluding hydrogens is 364 g/mol. The molecule has 1 aliphatic carbocycles. The number of nitrogens with zero attached hydrogens (tertiary/aromatic N) is 4. The Morgan fingerprint density at radius 1 is 1.12 bits per heavy atom. The molecule has 0 radical (unpaired) electrons. The Balaban J connectivity index is 1.28. The Labute approximate surface area is 161 Å². The monoisotopic (exact) mass is 382 g/mol. The highest BCUT2D eigenvalue weighted by Crippen LogP contribution is 2.38. The topological polar surface area (TPSA) is 41.9 Å². The summed E-state index contributed by atoms with van der Waals surface area (Å²) in [6, 6.07) is 7.87. The Morgan fingerprint density at radius 2 is 1.96 bits per heavy atom. The third-order valence-corrected chi connectivity index (χ3v) is 6.28. The maximum Gasteiger partial charge on any atom is 0.131 e. The fourth-order valence-corrected chi connectivity index (χ4v) is 4.48. The van der Waals surface area contributed by atoms with E-state index in [0.717, 1.165) is 47.5 Å². The van der Waals surface area contributed by atoms with Gasteiger partial charge in [-0.15, -0.1) is 11.3 Å². The molecule has 0 amide bonds. The minimum absolute atomic E-state index is 0.627. The second kappa shape index (κ2) is 6.72. The van der Waals surface area contributed by atoms with Crippen molar-refractivity contribution in [3.05, 3.63) is 63.6 Å². The molecule has 0 atom stereocenters. The van der Waals surface area contributed by atoms with E-state index in [9.17, 15) is 0 Å². The first-order valence-corrected chi connectivity index (χ1v) is 10.2. The van der Waals surface area contributed by atoms with Gasteiger partial charge in [-0.3, -0.25) is 4.90 Å². The molecule has 3 heterocycles. The maximum absolute atomic E-state index is 5.97. The third-order valence-electron chi connectivity index (χ3n) is 5.00. The molecule has 1 aromatic carbocycles. The first-order chi connectivity index (χ1) is 12.7. The summed E-state index contributed by atoms with van der Waals surface area (Å²) in [5, 5.41) is 1.80. The minimum Gasteiger partial charge on any atom is -0.293 e. The van der Waals surface area contributed by atoms with Crippen LogP contribution in [0.5, 0.6) is 0 Å². The van der Waals surface area contributed by atoms with E-state index in [1.807, 2.05) is 36.7 Å². The summed E-state index contributed by atoms with van der Waals surface area (Å²) in [4.78, 5) is 17.7. The van der Waals surface area contributed by atoms with E-state index in [1.165, 1.54) is 29.0 Å². The van der Waals surface area contributed by atoms with E-state index >= 15 is 0 Å². The molecule has 1 fully saturated rings. The van der Waals surface area contributed by atoms with Crippen molar-refractivity contribution in [2.45, 2.75) is 38.3 Å². The molecule has 1 saturated carbocycles. The first-order valence-electron chi connectivity index (χ1n) is 9.02. The second-order valence-corrected chi connectivity index (χ2v) is 8.63. The summed E-state index contributed by atoms with van der Waals surface area (Å²) >= 11 is 7.73. The van der Waals surface area contributed by atoms with Crippen molar-refractivity contribution in [1.29, 1.82) is 0 Å². The number of rotatable bonds is 4. The molecule has 2 aliphatic rings. The first kappa shape index (κ1) is 16.4. The van der Waals surface area contributed by atoms with Gasteiger partial charge in [0.1, 0.15) is 10.8 Å². The number of fused-ring (bicyclic) bond motifs is 1. The molecule has 26 heavy (non-hydrogen) atoms. The maximum atomic E-state index is 5.97. The van der Waals surface area contributed by atoms with E-state index in [-0.39, 0.29) is 0 Å². The lowest BCUT2D eigenvalue weighted by Gasteiger charge is -2.27. The van der Waals surface area contributed by atoms with Gasteiger partial charge < -0.3 is 0 Å². The van der Waals surface area contributed by atoms with Crippen LogP contribution in [0.2, 0.25) is 5.02 Å². The van der Waals surface area contributed by atoms with Crippen molar-refractivity contribution in [3.8, 4) is 10.6 Å². The van der Waals surface area contributed by atoms with Crippen LogP contribution >= 0.6 is 22.9 Å². The molecule has 132 valence electrons. The number of benzene rings is 1. The van der Waals surface area contributed by atoms with Crippen LogP contribution in [0.1, 0.15) is 40.7 Å². The van der Waals surface area contributed by atoms with Crippen LogP contribution in [0.3, 0.4) is 0 Å². The molecule has 0 saturated heterocycles. The Hall–Kier alpha value is -1.82. The molecule has 0 N–H and O–H groups in total. The van der Waals surface area contributed by atoms with Crippen molar-refractivity contribution in [2.24, 2.45) is 0 Å². The summed E-state index contributed by atoms with van der Waals surface area (Å²) in [5.74, 6) is 1.69. The van der Waals surface area contributed by atoms with Gasteiger partial charge in [-0.25, -0.2) is 15.0 Å². The predicted molar refractivity (Wildman–Crippen MR) is 104 cm³/mol. The lowest BCUT2D eigenvalue weighted by molar-refractivity contribution is 0.244. The van der Waals surface area contributed by atoms with E-state index < -0.39 is 0 Å². The quantitative estimate of drug-likeness (QED) is 0.656. The zero-order valence-corrected chi connectivity index (χ0v) is 15.9. The Kier molecular flexibility index (Phi) is 4.23. The van der Waals surface area contributed by atoms with Crippen LogP contribution in [0.15, 0.2) is 36.7 Å². The summed E-state index contributed by atoms with van der Waals surface area (Å²) < 4.78 is 0. The van der Waals surface area contributed by atoms with Crippen LogP contribution in [-0.4, -0.2) is 26.4 Å². The van der Waals surface area contributed by atoms with Gasteiger partial charge in [0.2, 0.25) is 0 Å². The van der Waals surface area contributed by atoms with Gasteiger partial charge in [-0.2, -0.15) is 0 Å². The standard InChI is InChI=1S/C20H19ClN4S/c21-16-5-3-14(4-6-16)20-23-10-17(26-20)12-25-8-7-18-15(11-25)9-22-19(24-18)13-1-2-13/h3-6,9-10,13H,1-2,7-8,11-12H2. The summed E-state index contributed by atoms with van der Waals surface area (Å²) in [6.45, 7) is 2.89.